The highest BCUT2D eigenvalue weighted by atomic mass is 16.4. The lowest BCUT2D eigenvalue weighted by Crippen LogP contribution is -2.43. The van der Waals surface area contributed by atoms with Crippen LogP contribution in [0.5, 0.6) is 0 Å². The van der Waals surface area contributed by atoms with Crippen LogP contribution >= 0.6 is 0 Å². The molecule has 0 amide bonds. The summed E-state index contributed by atoms with van der Waals surface area (Å²) in [6.45, 7) is 4.48. The van der Waals surface area contributed by atoms with Gasteiger partial charge in [-0.1, -0.05) is 67.9 Å². The molecule has 1 aliphatic heterocycles. The van der Waals surface area contributed by atoms with Crippen LogP contribution in [0.3, 0.4) is 0 Å². The fraction of sp³-hybridized carbons (Fsp3) is 0.250. The quantitative estimate of drug-likeness (QED) is 0.286. The van der Waals surface area contributed by atoms with E-state index in [1.54, 1.807) is 25.5 Å². The first-order valence-corrected chi connectivity index (χ1v) is 12.8. The molecule has 0 aliphatic carbocycles. The number of rotatable bonds is 8. The third kappa shape index (κ3) is 5.83. The van der Waals surface area contributed by atoms with Crippen LogP contribution in [0.15, 0.2) is 84.0 Å². The van der Waals surface area contributed by atoms with Crippen molar-refractivity contribution in [3.8, 4) is 0 Å². The van der Waals surface area contributed by atoms with Crippen molar-refractivity contribution < 1.29 is 9.90 Å². The normalized spacial score (nSPS) is 17.9. The molecular weight excluding hydrogens is 458 g/mol. The van der Waals surface area contributed by atoms with Gasteiger partial charge >= 0.3 is 5.97 Å². The number of allylic oxidation sites excluding steroid dienone is 1. The predicted octanol–water partition coefficient (Wildman–Crippen LogP) is 6.28. The van der Waals surface area contributed by atoms with Gasteiger partial charge in [0.15, 0.2) is 0 Å². The molecular formula is C32H35N3O2. The summed E-state index contributed by atoms with van der Waals surface area (Å²) in [5.41, 5.74) is 15.0. The number of aliphatic imine (C=N–C) groups is 1. The molecule has 5 nitrogen and oxygen atoms in total. The number of fused-ring (bicyclic) bond motifs is 1. The lowest BCUT2D eigenvalue weighted by molar-refractivity contribution is -0.131. The van der Waals surface area contributed by atoms with Crippen molar-refractivity contribution in [2.75, 3.05) is 11.9 Å². The summed E-state index contributed by atoms with van der Waals surface area (Å²) in [6, 6.07) is 24.0. The number of carboxylic acids is 1. The number of carboxylic acid groups (broad SMARTS) is 1. The van der Waals surface area contributed by atoms with E-state index in [1.165, 1.54) is 28.5 Å². The van der Waals surface area contributed by atoms with E-state index in [-0.39, 0.29) is 12.1 Å². The number of hydrogen-bond donors (Lipinski definition) is 2. The van der Waals surface area contributed by atoms with Crippen LogP contribution in [0.25, 0.3) is 11.6 Å². The van der Waals surface area contributed by atoms with Crippen LogP contribution in [0.1, 0.15) is 59.7 Å². The summed E-state index contributed by atoms with van der Waals surface area (Å²) < 4.78 is 0. The minimum absolute atomic E-state index is 0.0208. The van der Waals surface area contributed by atoms with Crippen molar-refractivity contribution in [1.29, 1.82) is 0 Å². The summed E-state index contributed by atoms with van der Waals surface area (Å²) in [7, 11) is 1.75. The summed E-state index contributed by atoms with van der Waals surface area (Å²) in [6.07, 6.45) is 9.30. The van der Waals surface area contributed by atoms with Gasteiger partial charge in [0.25, 0.3) is 0 Å². The molecule has 0 saturated carbocycles. The summed E-state index contributed by atoms with van der Waals surface area (Å²) in [5, 5.41) is 8.99. The number of nitrogens with zero attached hydrogens (tertiary/aromatic N) is 2. The third-order valence-electron chi connectivity index (χ3n) is 6.93. The molecule has 0 radical (unpaired) electrons. The molecule has 0 fully saturated rings. The average molecular weight is 494 g/mol. The molecule has 3 aromatic carbocycles. The highest BCUT2D eigenvalue weighted by molar-refractivity contribution is 6.09. The molecule has 1 aliphatic rings. The number of anilines is 1. The van der Waals surface area contributed by atoms with Crippen LogP contribution in [0.2, 0.25) is 0 Å². The molecule has 2 unspecified atom stereocenters. The second-order valence-corrected chi connectivity index (χ2v) is 9.54. The van der Waals surface area contributed by atoms with Gasteiger partial charge in [-0.3, -0.25) is 4.99 Å². The number of benzene rings is 3. The monoisotopic (exact) mass is 493 g/mol. The predicted molar refractivity (Wildman–Crippen MR) is 154 cm³/mol. The fourth-order valence-electron chi connectivity index (χ4n) is 5.23. The third-order valence-corrected chi connectivity index (χ3v) is 6.93. The number of nitrogens with two attached hydrogens (primary N) is 1. The first kappa shape index (κ1) is 26.0. The SMILES string of the molecule is CCCc1ccc(N2C(C)Cc3cc(C(C=NC)=CN)ccc3C2c2ccc(/C=C/C(=O)O)cc2)cc1. The molecule has 3 N–H and O–H groups in total. The Balaban J connectivity index is 1.81. The van der Waals surface area contributed by atoms with Crippen molar-refractivity contribution in [2.24, 2.45) is 10.7 Å². The van der Waals surface area contributed by atoms with Gasteiger partial charge in [-0.25, -0.2) is 4.79 Å². The zero-order valence-corrected chi connectivity index (χ0v) is 21.8. The maximum Gasteiger partial charge on any atom is 0.328 e. The van der Waals surface area contributed by atoms with Gasteiger partial charge in [0.2, 0.25) is 0 Å². The Bertz CT molecular complexity index is 1320. The Morgan fingerprint density at radius 3 is 2.46 bits per heavy atom. The molecule has 1 heterocycles. The summed E-state index contributed by atoms with van der Waals surface area (Å²) in [4.78, 5) is 17.6. The van der Waals surface area contributed by atoms with Gasteiger partial charge < -0.3 is 15.7 Å². The van der Waals surface area contributed by atoms with Crippen molar-refractivity contribution in [2.45, 2.75) is 45.2 Å². The van der Waals surface area contributed by atoms with Crippen molar-refractivity contribution in [3.05, 3.63) is 112 Å². The van der Waals surface area contributed by atoms with E-state index in [0.29, 0.717) is 0 Å². The first-order chi connectivity index (χ1) is 17.9. The zero-order chi connectivity index (χ0) is 26.4. The summed E-state index contributed by atoms with van der Waals surface area (Å²) >= 11 is 0. The van der Waals surface area contributed by atoms with Gasteiger partial charge in [0, 0.05) is 42.8 Å². The molecule has 37 heavy (non-hydrogen) atoms. The van der Waals surface area contributed by atoms with Gasteiger partial charge in [0.1, 0.15) is 0 Å². The first-order valence-electron chi connectivity index (χ1n) is 12.8. The Morgan fingerprint density at radius 2 is 1.84 bits per heavy atom. The van der Waals surface area contributed by atoms with Crippen LogP contribution in [0, 0.1) is 0 Å². The lowest BCUT2D eigenvalue weighted by Gasteiger charge is -2.44. The molecule has 3 aromatic rings. The van der Waals surface area contributed by atoms with E-state index in [4.69, 9.17) is 10.8 Å². The lowest BCUT2D eigenvalue weighted by atomic mass is 9.83. The Labute approximate surface area is 219 Å². The van der Waals surface area contributed by atoms with E-state index in [0.717, 1.165) is 41.5 Å². The maximum absolute atomic E-state index is 10.9. The highest BCUT2D eigenvalue weighted by Crippen LogP contribution is 2.42. The molecule has 0 aromatic heterocycles. The van der Waals surface area contributed by atoms with Crippen LogP contribution in [-0.4, -0.2) is 30.4 Å². The minimum atomic E-state index is -0.952. The molecule has 5 heteroatoms. The second-order valence-electron chi connectivity index (χ2n) is 9.54. The second kappa shape index (κ2) is 11.7. The largest absolute Gasteiger partial charge is 0.478 e. The topological polar surface area (TPSA) is 78.9 Å². The number of aryl methyl sites for hydroxylation is 1. The van der Waals surface area contributed by atoms with E-state index in [2.05, 4.69) is 78.3 Å². The zero-order valence-electron chi connectivity index (χ0n) is 21.8. The Hall–Kier alpha value is -4.12. The van der Waals surface area contributed by atoms with E-state index in [1.807, 2.05) is 12.1 Å². The molecule has 0 bridgehead atoms. The summed E-state index contributed by atoms with van der Waals surface area (Å²) in [5.74, 6) is -0.952. The standard InChI is InChI=1S/C32H35N3O2/c1-4-5-23-8-14-29(15-9-23)35-22(2)18-27-19-26(28(20-33)21-34-3)13-16-30(27)32(35)25-11-6-24(7-12-25)10-17-31(36)37/h6-17,19-22,32H,4-5,18,33H2,1-3H3,(H,36,37)/b17-10+,28-20?,34-21?. The van der Waals surface area contributed by atoms with E-state index < -0.39 is 5.97 Å². The van der Waals surface area contributed by atoms with Gasteiger partial charge in [0.05, 0.1) is 6.04 Å². The smallest absolute Gasteiger partial charge is 0.328 e. The number of hydrogen-bond acceptors (Lipinski definition) is 4. The van der Waals surface area contributed by atoms with Crippen molar-refractivity contribution in [3.63, 3.8) is 0 Å². The molecule has 2 atom stereocenters. The van der Waals surface area contributed by atoms with Crippen molar-refractivity contribution in [1.82, 2.24) is 0 Å². The van der Waals surface area contributed by atoms with Gasteiger partial charge in [-0.15, -0.1) is 0 Å². The Morgan fingerprint density at radius 1 is 1.11 bits per heavy atom. The molecule has 4 rings (SSSR count). The van der Waals surface area contributed by atoms with Gasteiger partial charge in [-0.2, -0.15) is 0 Å². The minimum Gasteiger partial charge on any atom is -0.478 e. The van der Waals surface area contributed by atoms with Crippen LogP contribution in [0.4, 0.5) is 5.69 Å². The fourth-order valence-corrected chi connectivity index (χ4v) is 5.23. The number of aliphatic carboxylic acids is 1. The highest BCUT2D eigenvalue weighted by Gasteiger charge is 2.33. The Kier molecular flexibility index (Phi) is 8.24. The molecule has 0 spiro atoms. The van der Waals surface area contributed by atoms with Crippen LogP contribution < -0.4 is 10.6 Å². The van der Waals surface area contributed by atoms with E-state index >= 15 is 0 Å². The number of carbonyl (C=O) groups is 1. The molecule has 190 valence electrons. The molecule has 0 saturated heterocycles. The van der Waals surface area contributed by atoms with Gasteiger partial charge in [-0.05, 0) is 71.4 Å². The van der Waals surface area contributed by atoms with E-state index in [9.17, 15) is 4.79 Å². The van der Waals surface area contributed by atoms with Crippen molar-refractivity contribution >= 4 is 29.5 Å². The maximum atomic E-state index is 10.9. The average Bonchev–Trinajstić information content (AvgIpc) is 2.90. The van der Waals surface area contributed by atoms with Crippen LogP contribution in [-0.2, 0) is 17.6 Å².